The van der Waals surface area contributed by atoms with Crippen molar-refractivity contribution in [3.8, 4) is 17.1 Å². The van der Waals surface area contributed by atoms with E-state index in [1.54, 1.807) is 0 Å². The molecular formula is C29H44F2N2O. The summed E-state index contributed by atoms with van der Waals surface area (Å²) >= 11 is 0. The van der Waals surface area contributed by atoms with Gasteiger partial charge in [-0.3, -0.25) is 0 Å². The Kier molecular flexibility index (Phi) is 14.4. The lowest BCUT2D eigenvalue weighted by molar-refractivity contribution is 0.213. The average Bonchev–Trinajstić information content (AvgIpc) is 2.84. The molecule has 0 spiro atoms. The number of halogens is 2. The third-order valence-corrected chi connectivity index (χ3v) is 6.22. The van der Waals surface area contributed by atoms with Crippen molar-refractivity contribution in [3.63, 3.8) is 0 Å². The summed E-state index contributed by atoms with van der Waals surface area (Å²) in [6.07, 6.45) is 15.5. The minimum atomic E-state index is -0.943. The van der Waals surface area contributed by atoms with Crippen molar-refractivity contribution in [1.29, 1.82) is 0 Å². The number of hydrogen-bond donors (Lipinski definition) is 0. The fourth-order valence-corrected chi connectivity index (χ4v) is 4.09. The molecule has 0 amide bonds. The van der Waals surface area contributed by atoms with Gasteiger partial charge >= 0.3 is 0 Å². The Morgan fingerprint density at radius 3 is 1.97 bits per heavy atom. The van der Waals surface area contributed by atoms with Crippen molar-refractivity contribution in [2.75, 3.05) is 6.61 Å². The van der Waals surface area contributed by atoms with Gasteiger partial charge in [0.25, 0.3) is 0 Å². The summed E-state index contributed by atoms with van der Waals surface area (Å²) in [6.45, 7) is 4.53. The molecule has 0 aliphatic heterocycles. The van der Waals surface area contributed by atoms with E-state index in [2.05, 4.69) is 16.9 Å². The molecule has 2 aromatic rings. The van der Waals surface area contributed by atoms with Crippen molar-refractivity contribution in [3.05, 3.63) is 42.2 Å². The molecule has 2 rings (SSSR count). The van der Waals surface area contributed by atoms with Crippen LogP contribution in [0.2, 0.25) is 0 Å². The zero-order valence-corrected chi connectivity index (χ0v) is 21.3. The second-order valence-corrected chi connectivity index (χ2v) is 9.36. The highest BCUT2D eigenvalue weighted by atomic mass is 19.1. The molecule has 1 aromatic carbocycles. The first kappa shape index (κ1) is 28.2. The van der Waals surface area contributed by atoms with Crippen LogP contribution in [0.5, 0.6) is 5.75 Å². The number of aromatic nitrogens is 2. The van der Waals surface area contributed by atoms with Crippen molar-refractivity contribution < 1.29 is 13.5 Å². The standard InChI is InChI=1S/C29H44F2N2O/c1-3-5-6-7-8-9-10-13-24-22-32-29(33-23-24)25-16-18-28(19-17-25)34-21-20-27(31)15-11-14-26(30)12-4-2/h16-19,22-23,26-27H,3-15,20-21H2,1-2H3. The number of alkyl halides is 2. The summed E-state index contributed by atoms with van der Waals surface area (Å²) in [6, 6.07) is 7.61. The molecule has 3 nitrogen and oxygen atoms in total. The van der Waals surface area contributed by atoms with E-state index in [4.69, 9.17) is 4.74 Å². The van der Waals surface area contributed by atoms with Gasteiger partial charge in [0, 0.05) is 24.4 Å². The van der Waals surface area contributed by atoms with Crippen LogP contribution < -0.4 is 4.74 Å². The van der Waals surface area contributed by atoms with E-state index in [9.17, 15) is 8.78 Å². The van der Waals surface area contributed by atoms with Crippen LogP contribution in [-0.4, -0.2) is 28.9 Å². The van der Waals surface area contributed by atoms with Gasteiger partial charge in [0.05, 0.1) is 6.61 Å². The smallest absolute Gasteiger partial charge is 0.159 e. The number of nitrogens with zero attached hydrogens (tertiary/aromatic N) is 2. The number of unbranched alkanes of at least 4 members (excludes halogenated alkanes) is 6. The molecule has 2 atom stereocenters. The maximum absolute atomic E-state index is 14.0. The minimum absolute atomic E-state index is 0.318. The van der Waals surface area contributed by atoms with Crippen molar-refractivity contribution in [1.82, 2.24) is 9.97 Å². The van der Waals surface area contributed by atoms with Crippen LogP contribution >= 0.6 is 0 Å². The fourth-order valence-electron chi connectivity index (χ4n) is 4.09. The van der Waals surface area contributed by atoms with Crippen molar-refractivity contribution in [2.24, 2.45) is 0 Å². The number of benzene rings is 1. The van der Waals surface area contributed by atoms with Gasteiger partial charge in [0.15, 0.2) is 5.82 Å². The van der Waals surface area contributed by atoms with Gasteiger partial charge in [-0.1, -0.05) is 58.8 Å². The fraction of sp³-hybridized carbons (Fsp3) is 0.655. The van der Waals surface area contributed by atoms with Crippen LogP contribution in [0, 0.1) is 0 Å². The predicted octanol–water partition coefficient (Wildman–Crippen LogP) is 8.85. The molecule has 0 radical (unpaired) electrons. The topological polar surface area (TPSA) is 35.0 Å². The van der Waals surface area contributed by atoms with E-state index in [0.29, 0.717) is 50.3 Å². The first-order chi connectivity index (χ1) is 16.6. The zero-order chi connectivity index (χ0) is 24.4. The van der Waals surface area contributed by atoms with Crippen molar-refractivity contribution in [2.45, 2.75) is 116 Å². The Morgan fingerprint density at radius 1 is 0.706 bits per heavy atom. The molecule has 34 heavy (non-hydrogen) atoms. The van der Waals surface area contributed by atoms with Gasteiger partial charge in [-0.15, -0.1) is 0 Å². The lowest BCUT2D eigenvalue weighted by atomic mass is 10.1. The van der Waals surface area contributed by atoms with Gasteiger partial charge in [0.2, 0.25) is 0 Å². The maximum atomic E-state index is 14.0. The Bertz CT molecular complexity index is 752. The van der Waals surface area contributed by atoms with Crippen LogP contribution in [-0.2, 0) is 6.42 Å². The van der Waals surface area contributed by atoms with Gasteiger partial charge in [-0.25, -0.2) is 18.7 Å². The van der Waals surface area contributed by atoms with Crippen LogP contribution in [0.25, 0.3) is 11.4 Å². The average molecular weight is 475 g/mol. The summed E-state index contributed by atoms with van der Waals surface area (Å²) in [5.41, 5.74) is 2.12. The molecule has 0 fully saturated rings. The molecule has 0 aliphatic carbocycles. The van der Waals surface area contributed by atoms with Crippen LogP contribution in [0.4, 0.5) is 8.78 Å². The third-order valence-electron chi connectivity index (χ3n) is 6.22. The molecule has 2 unspecified atom stereocenters. The van der Waals surface area contributed by atoms with E-state index in [-0.39, 0.29) is 0 Å². The Balaban J connectivity index is 1.65. The summed E-state index contributed by atoms with van der Waals surface area (Å²) in [7, 11) is 0. The zero-order valence-electron chi connectivity index (χ0n) is 21.3. The number of aryl methyl sites for hydroxylation is 1. The molecule has 0 saturated carbocycles. The van der Waals surface area contributed by atoms with E-state index in [1.807, 2.05) is 43.6 Å². The molecule has 1 heterocycles. The molecule has 0 bridgehead atoms. The molecule has 0 aliphatic rings. The largest absolute Gasteiger partial charge is 0.493 e. The van der Waals surface area contributed by atoms with Gasteiger partial charge < -0.3 is 4.74 Å². The Morgan fingerprint density at radius 2 is 1.32 bits per heavy atom. The highest BCUT2D eigenvalue weighted by molar-refractivity contribution is 5.55. The van der Waals surface area contributed by atoms with Crippen molar-refractivity contribution >= 4 is 0 Å². The molecule has 1 aromatic heterocycles. The van der Waals surface area contributed by atoms with Crippen LogP contribution in [0.3, 0.4) is 0 Å². The van der Waals surface area contributed by atoms with Gasteiger partial charge in [-0.05, 0) is 68.4 Å². The predicted molar refractivity (Wildman–Crippen MR) is 138 cm³/mol. The first-order valence-electron chi connectivity index (χ1n) is 13.4. The second kappa shape index (κ2) is 17.4. The van der Waals surface area contributed by atoms with Crippen LogP contribution in [0.15, 0.2) is 36.7 Å². The number of rotatable bonds is 19. The normalized spacial score (nSPS) is 13.1. The lowest BCUT2D eigenvalue weighted by Gasteiger charge is -2.11. The van der Waals surface area contributed by atoms with Gasteiger partial charge in [-0.2, -0.15) is 0 Å². The van der Waals surface area contributed by atoms with Gasteiger partial charge in [0.1, 0.15) is 18.1 Å². The van der Waals surface area contributed by atoms with Crippen LogP contribution in [0.1, 0.15) is 103 Å². The summed E-state index contributed by atoms with van der Waals surface area (Å²) in [5, 5.41) is 0. The SMILES string of the molecule is CCCCCCCCCc1cnc(-c2ccc(OCCC(F)CCCC(F)CCC)cc2)nc1. The summed E-state index contributed by atoms with van der Waals surface area (Å²) in [4.78, 5) is 9.06. The summed E-state index contributed by atoms with van der Waals surface area (Å²) < 4.78 is 33.1. The number of hydrogen-bond acceptors (Lipinski definition) is 3. The Labute approximate surface area is 205 Å². The number of ether oxygens (including phenoxy) is 1. The second-order valence-electron chi connectivity index (χ2n) is 9.36. The highest BCUT2D eigenvalue weighted by Gasteiger charge is 2.10. The molecule has 0 N–H and O–H groups in total. The van der Waals surface area contributed by atoms with E-state index in [1.165, 1.54) is 50.5 Å². The Hall–Kier alpha value is -2.04. The molecule has 190 valence electrons. The maximum Gasteiger partial charge on any atom is 0.159 e. The molecule has 0 saturated heterocycles. The summed E-state index contributed by atoms with van der Waals surface area (Å²) in [5.74, 6) is 1.41. The monoisotopic (exact) mass is 474 g/mol. The van der Waals surface area contributed by atoms with E-state index < -0.39 is 12.3 Å². The third kappa shape index (κ3) is 11.9. The highest BCUT2D eigenvalue weighted by Crippen LogP contribution is 2.21. The van der Waals surface area contributed by atoms with E-state index in [0.717, 1.165) is 18.4 Å². The molecular weight excluding hydrogens is 430 g/mol. The van der Waals surface area contributed by atoms with E-state index >= 15 is 0 Å². The lowest BCUT2D eigenvalue weighted by Crippen LogP contribution is -2.09. The first-order valence-corrected chi connectivity index (χ1v) is 13.4. The molecule has 5 heteroatoms. The quantitative estimate of drug-likeness (QED) is 0.191. The minimum Gasteiger partial charge on any atom is -0.493 e.